The SMILES string of the molecule is Fc1cccc(-n2cc(Sc3ccc(Cl)cc3)c(C3(n4cncn4)C=NC=CC3)n2)c1. The molecule has 1 unspecified atom stereocenters. The van der Waals surface area contributed by atoms with Gasteiger partial charge in [-0.3, -0.25) is 4.99 Å². The first-order valence-corrected chi connectivity index (χ1v) is 10.7. The van der Waals surface area contributed by atoms with Crippen molar-refractivity contribution in [1.82, 2.24) is 24.5 Å². The molecule has 4 aromatic rings. The lowest BCUT2D eigenvalue weighted by molar-refractivity contribution is 0.422. The minimum absolute atomic E-state index is 0.324. The van der Waals surface area contributed by atoms with Crippen molar-refractivity contribution in [1.29, 1.82) is 0 Å². The van der Waals surface area contributed by atoms with Gasteiger partial charge in [0.05, 0.1) is 10.6 Å². The number of nitrogens with zero attached hydrogens (tertiary/aromatic N) is 6. The lowest BCUT2D eigenvalue weighted by Crippen LogP contribution is -2.39. The van der Waals surface area contributed by atoms with Crippen molar-refractivity contribution < 1.29 is 4.39 Å². The maximum atomic E-state index is 13.9. The highest BCUT2D eigenvalue weighted by Crippen LogP contribution is 2.39. The van der Waals surface area contributed by atoms with Crippen LogP contribution in [0.1, 0.15) is 12.1 Å². The van der Waals surface area contributed by atoms with Gasteiger partial charge in [0.1, 0.15) is 29.7 Å². The molecule has 1 atom stereocenters. The van der Waals surface area contributed by atoms with Crippen molar-refractivity contribution in [3.05, 3.63) is 96.2 Å². The maximum absolute atomic E-state index is 13.9. The Hall–Kier alpha value is -3.23. The van der Waals surface area contributed by atoms with E-state index in [4.69, 9.17) is 16.7 Å². The van der Waals surface area contributed by atoms with Crippen molar-refractivity contribution in [2.24, 2.45) is 4.99 Å². The molecule has 0 N–H and O–H groups in total. The fraction of sp³-hybridized carbons (Fsp3) is 0.0909. The molecular weight excluding hydrogens is 435 g/mol. The minimum atomic E-state index is -0.751. The van der Waals surface area contributed by atoms with Crippen LogP contribution < -0.4 is 0 Å². The first-order chi connectivity index (χ1) is 15.1. The van der Waals surface area contributed by atoms with Gasteiger partial charge in [-0.15, -0.1) is 0 Å². The third-order valence-corrected chi connectivity index (χ3v) is 6.22. The van der Waals surface area contributed by atoms with Crippen LogP contribution in [0.2, 0.25) is 5.02 Å². The number of halogens is 2. The molecular formula is C22H16ClFN6S. The second kappa shape index (κ2) is 8.13. The van der Waals surface area contributed by atoms with Crippen molar-refractivity contribution in [3.63, 3.8) is 0 Å². The molecule has 1 aliphatic rings. The summed E-state index contributed by atoms with van der Waals surface area (Å²) in [5, 5.41) is 9.94. The Morgan fingerprint density at radius 2 is 2.00 bits per heavy atom. The molecule has 0 bridgehead atoms. The van der Waals surface area contributed by atoms with Crippen LogP contribution in [-0.4, -0.2) is 30.8 Å². The van der Waals surface area contributed by atoms with E-state index in [1.165, 1.54) is 18.5 Å². The van der Waals surface area contributed by atoms with E-state index in [1.807, 2.05) is 48.8 Å². The van der Waals surface area contributed by atoms with E-state index in [-0.39, 0.29) is 5.82 Å². The fourth-order valence-electron chi connectivity index (χ4n) is 3.46. The summed E-state index contributed by atoms with van der Waals surface area (Å²) in [6, 6.07) is 13.9. The monoisotopic (exact) mass is 450 g/mol. The molecule has 9 heteroatoms. The van der Waals surface area contributed by atoms with Crippen LogP contribution in [0, 0.1) is 5.82 Å². The molecule has 3 heterocycles. The molecule has 0 saturated carbocycles. The van der Waals surface area contributed by atoms with E-state index in [2.05, 4.69) is 15.1 Å². The third kappa shape index (κ3) is 3.80. The summed E-state index contributed by atoms with van der Waals surface area (Å²) < 4.78 is 17.3. The molecule has 2 aromatic heterocycles. The highest BCUT2D eigenvalue weighted by Gasteiger charge is 2.39. The summed E-state index contributed by atoms with van der Waals surface area (Å²) >= 11 is 7.60. The van der Waals surface area contributed by atoms with E-state index >= 15 is 0 Å². The van der Waals surface area contributed by atoms with Gasteiger partial charge in [0.25, 0.3) is 0 Å². The second-order valence-electron chi connectivity index (χ2n) is 6.95. The molecule has 154 valence electrons. The molecule has 0 radical (unpaired) electrons. The first kappa shape index (κ1) is 19.7. The molecule has 0 aliphatic carbocycles. The average molecular weight is 451 g/mol. The summed E-state index contributed by atoms with van der Waals surface area (Å²) in [5.74, 6) is -0.324. The molecule has 2 aromatic carbocycles. The van der Waals surface area contributed by atoms with E-state index in [1.54, 1.807) is 39.7 Å². The summed E-state index contributed by atoms with van der Waals surface area (Å²) in [6.07, 6.45) is 11.2. The van der Waals surface area contributed by atoms with Crippen LogP contribution in [0.5, 0.6) is 0 Å². The summed E-state index contributed by atoms with van der Waals surface area (Å²) in [5.41, 5.74) is 0.620. The van der Waals surface area contributed by atoms with Crippen LogP contribution in [0.4, 0.5) is 4.39 Å². The zero-order valence-electron chi connectivity index (χ0n) is 16.1. The van der Waals surface area contributed by atoms with Crippen molar-refractivity contribution >= 4 is 29.6 Å². The number of rotatable bonds is 5. The van der Waals surface area contributed by atoms with E-state index in [0.29, 0.717) is 17.1 Å². The Bertz CT molecular complexity index is 1270. The highest BCUT2D eigenvalue weighted by atomic mass is 35.5. The van der Waals surface area contributed by atoms with Crippen LogP contribution >= 0.6 is 23.4 Å². The van der Waals surface area contributed by atoms with Crippen LogP contribution in [0.3, 0.4) is 0 Å². The van der Waals surface area contributed by atoms with Gasteiger partial charge in [-0.25, -0.2) is 18.7 Å². The normalized spacial score (nSPS) is 17.9. The highest BCUT2D eigenvalue weighted by molar-refractivity contribution is 7.99. The largest absolute Gasteiger partial charge is 0.266 e. The standard InChI is InChI=1S/C22H16ClFN6S/c23-16-5-7-19(8-6-16)31-20-12-29(18-4-1-3-17(24)11-18)28-21(20)22(9-2-10-25-13-22)30-15-26-14-27-30/h1-8,10-15H,9H2. The second-order valence-corrected chi connectivity index (χ2v) is 8.51. The van der Waals surface area contributed by atoms with Gasteiger partial charge in [0.15, 0.2) is 0 Å². The summed E-state index contributed by atoms with van der Waals surface area (Å²) in [4.78, 5) is 10.4. The predicted molar refractivity (Wildman–Crippen MR) is 118 cm³/mol. The molecule has 0 spiro atoms. The van der Waals surface area contributed by atoms with Gasteiger partial charge < -0.3 is 0 Å². The zero-order chi connectivity index (χ0) is 21.3. The van der Waals surface area contributed by atoms with E-state index in [0.717, 1.165) is 15.5 Å². The third-order valence-electron chi connectivity index (χ3n) is 4.94. The molecule has 0 saturated heterocycles. The van der Waals surface area contributed by atoms with Gasteiger partial charge in [-0.05, 0) is 42.5 Å². The minimum Gasteiger partial charge on any atom is -0.266 e. The number of aromatic nitrogens is 5. The van der Waals surface area contributed by atoms with E-state index < -0.39 is 5.54 Å². The summed E-state index contributed by atoms with van der Waals surface area (Å²) in [7, 11) is 0. The lowest BCUT2D eigenvalue weighted by Gasteiger charge is -2.29. The van der Waals surface area contributed by atoms with Gasteiger partial charge in [-0.2, -0.15) is 10.2 Å². The Labute approximate surface area is 187 Å². The molecule has 0 fully saturated rings. The van der Waals surface area contributed by atoms with Crippen molar-refractivity contribution in [2.45, 2.75) is 21.8 Å². The Balaban J connectivity index is 1.68. The topological polar surface area (TPSA) is 60.9 Å². The Morgan fingerprint density at radius 1 is 1.13 bits per heavy atom. The number of allylic oxidation sites excluding steroid dienone is 1. The van der Waals surface area contributed by atoms with Crippen molar-refractivity contribution in [3.8, 4) is 5.69 Å². The van der Waals surface area contributed by atoms with Crippen LogP contribution in [0.15, 0.2) is 94.4 Å². The van der Waals surface area contributed by atoms with Gasteiger partial charge >= 0.3 is 0 Å². The predicted octanol–water partition coefficient (Wildman–Crippen LogP) is 5.14. The zero-order valence-corrected chi connectivity index (χ0v) is 17.7. The quantitative estimate of drug-likeness (QED) is 0.422. The molecule has 5 rings (SSSR count). The van der Waals surface area contributed by atoms with Crippen LogP contribution in [-0.2, 0) is 5.54 Å². The molecule has 6 nitrogen and oxygen atoms in total. The maximum Gasteiger partial charge on any atom is 0.148 e. The number of aliphatic imine (C=N–C) groups is 1. The smallest absolute Gasteiger partial charge is 0.148 e. The average Bonchev–Trinajstić information content (AvgIpc) is 3.47. The number of benzene rings is 2. The Morgan fingerprint density at radius 3 is 2.71 bits per heavy atom. The lowest BCUT2D eigenvalue weighted by atomic mass is 9.91. The van der Waals surface area contributed by atoms with Crippen molar-refractivity contribution in [2.75, 3.05) is 0 Å². The number of hydrogen-bond acceptors (Lipinski definition) is 5. The van der Waals surface area contributed by atoms with Crippen LogP contribution in [0.25, 0.3) is 5.69 Å². The molecule has 31 heavy (non-hydrogen) atoms. The number of hydrogen-bond donors (Lipinski definition) is 0. The van der Waals surface area contributed by atoms with Gasteiger partial charge in [-0.1, -0.05) is 35.5 Å². The summed E-state index contributed by atoms with van der Waals surface area (Å²) in [6.45, 7) is 0. The molecule has 1 aliphatic heterocycles. The first-order valence-electron chi connectivity index (χ1n) is 9.48. The van der Waals surface area contributed by atoms with Gasteiger partial charge in [0, 0.05) is 35.0 Å². The Kier molecular flexibility index (Phi) is 5.17. The fourth-order valence-corrected chi connectivity index (χ4v) is 4.58. The van der Waals surface area contributed by atoms with Gasteiger partial charge in [0.2, 0.25) is 0 Å². The molecule has 0 amide bonds. The van der Waals surface area contributed by atoms with E-state index in [9.17, 15) is 4.39 Å².